The second kappa shape index (κ2) is 5.18. The molecule has 0 unspecified atom stereocenters. The van der Waals surface area contributed by atoms with Gasteiger partial charge in [0, 0.05) is 13.0 Å². The maximum Gasteiger partial charge on any atom is 0.229 e. The lowest BCUT2D eigenvalue weighted by molar-refractivity contribution is -0.118. The van der Waals surface area contributed by atoms with Crippen LogP contribution < -0.4 is 5.32 Å². The van der Waals surface area contributed by atoms with Crippen LogP contribution in [0.5, 0.6) is 0 Å². The third-order valence-electron chi connectivity index (χ3n) is 1.40. The Balaban J connectivity index is 2.15. The summed E-state index contributed by atoms with van der Waals surface area (Å²) in [5.41, 5.74) is 0. The van der Waals surface area contributed by atoms with E-state index in [2.05, 4.69) is 5.32 Å². The summed E-state index contributed by atoms with van der Waals surface area (Å²) in [7, 11) is 0. The van der Waals surface area contributed by atoms with Gasteiger partial charge in [-0.2, -0.15) is 0 Å². The molecule has 1 amide bonds. The summed E-state index contributed by atoms with van der Waals surface area (Å²) in [6, 6.07) is 3.74. The first kappa shape index (κ1) is 9.57. The van der Waals surface area contributed by atoms with Gasteiger partial charge in [0.1, 0.15) is 5.76 Å². The van der Waals surface area contributed by atoms with Crippen LogP contribution in [0.1, 0.15) is 5.76 Å². The van der Waals surface area contributed by atoms with E-state index in [1.165, 1.54) is 0 Å². The second-order valence-electron chi connectivity index (χ2n) is 2.31. The lowest BCUT2D eigenvalue weighted by Gasteiger charge is -1.99. The van der Waals surface area contributed by atoms with Crippen molar-refractivity contribution in [2.45, 2.75) is 6.42 Å². The molecular formula is C8H10INO2. The number of carbonyl (C=O) groups is 1. The van der Waals surface area contributed by atoms with E-state index in [1.54, 1.807) is 6.26 Å². The number of hydrogen-bond donors (Lipinski definition) is 1. The van der Waals surface area contributed by atoms with E-state index in [1.807, 2.05) is 34.7 Å². The number of hydrogen-bond acceptors (Lipinski definition) is 2. The quantitative estimate of drug-likeness (QED) is 0.668. The van der Waals surface area contributed by atoms with Gasteiger partial charge in [0.15, 0.2) is 0 Å². The zero-order valence-corrected chi connectivity index (χ0v) is 8.71. The molecule has 1 aromatic heterocycles. The van der Waals surface area contributed by atoms with Crippen LogP contribution in [0.4, 0.5) is 0 Å². The molecule has 0 aliphatic heterocycles. The number of furan rings is 1. The molecule has 0 saturated carbocycles. The van der Waals surface area contributed by atoms with Gasteiger partial charge in [-0.05, 0) is 12.1 Å². The molecule has 0 aromatic carbocycles. The molecule has 0 spiro atoms. The van der Waals surface area contributed by atoms with E-state index >= 15 is 0 Å². The highest BCUT2D eigenvalue weighted by Crippen LogP contribution is 1.99. The van der Waals surface area contributed by atoms with Gasteiger partial charge in [0.25, 0.3) is 0 Å². The van der Waals surface area contributed by atoms with Gasteiger partial charge < -0.3 is 9.73 Å². The Bertz CT molecular complexity index is 233. The van der Waals surface area contributed by atoms with Crippen LogP contribution in [0.3, 0.4) is 0 Å². The molecule has 66 valence electrons. The molecule has 3 nitrogen and oxygen atoms in total. The molecule has 0 aliphatic carbocycles. The highest BCUT2D eigenvalue weighted by Gasteiger charge is 1.98. The summed E-state index contributed by atoms with van der Waals surface area (Å²) in [5, 5.41) is 2.76. The molecule has 1 N–H and O–H groups in total. The Morgan fingerprint density at radius 1 is 1.67 bits per heavy atom. The van der Waals surface area contributed by atoms with Crippen molar-refractivity contribution in [1.82, 2.24) is 5.32 Å². The van der Waals surface area contributed by atoms with Gasteiger partial charge in [0.05, 0.1) is 10.7 Å². The number of halogens is 1. The van der Waals surface area contributed by atoms with Crippen molar-refractivity contribution in [1.29, 1.82) is 0 Å². The third-order valence-corrected chi connectivity index (χ3v) is 2.09. The molecule has 0 aliphatic rings. The van der Waals surface area contributed by atoms with Crippen LogP contribution in [-0.4, -0.2) is 16.9 Å². The molecule has 1 heterocycles. The third kappa shape index (κ3) is 3.25. The molecule has 0 fully saturated rings. The SMILES string of the molecule is O=C(CI)NCCc1ccco1. The zero-order chi connectivity index (χ0) is 8.81. The number of carbonyl (C=O) groups excluding carboxylic acids is 1. The molecule has 0 bridgehead atoms. The van der Waals surface area contributed by atoms with Gasteiger partial charge in [-0.15, -0.1) is 0 Å². The molecule has 4 heteroatoms. The lowest BCUT2D eigenvalue weighted by Crippen LogP contribution is -2.26. The number of rotatable bonds is 4. The fourth-order valence-electron chi connectivity index (χ4n) is 0.827. The van der Waals surface area contributed by atoms with E-state index < -0.39 is 0 Å². The topological polar surface area (TPSA) is 42.2 Å². The van der Waals surface area contributed by atoms with Gasteiger partial charge in [-0.25, -0.2) is 0 Å². The summed E-state index contributed by atoms with van der Waals surface area (Å²) in [6.45, 7) is 0.648. The van der Waals surface area contributed by atoms with E-state index in [0.717, 1.165) is 12.2 Å². The first-order valence-electron chi connectivity index (χ1n) is 3.68. The molecule has 1 aromatic rings. The summed E-state index contributed by atoms with van der Waals surface area (Å²) in [5.74, 6) is 0.978. The normalized spacial score (nSPS) is 9.75. The van der Waals surface area contributed by atoms with Crippen molar-refractivity contribution in [3.63, 3.8) is 0 Å². The summed E-state index contributed by atoms with van der Waals surface area (Å²) >= 11 is 2.03. The average Bonchev–Trinajstić information content (AvgIpc) is 2.57. The standard InChI is InChI=1S/C8H10INO2/c9-6-8(11)10-4-3-7-2-1-5-12-7/h1-2,5H,3-4,6H2,(H,10,11). The van der Waals surface area contributed by atoms with E-state index in [0.29, 0.717) is 11.0 Å². The van der Waals surface area contributed by atoms with Crippen LogP contribution >= 0.6 is 22.6 Å². The van der Waals surface area contributed by atoms with Crippen molar-refractivity contribution in [2.75, 3.05) is 11.0 Å². The first-order valence-corrected chi connectivity index (χ1v) is 5.20. The maximum atomic E-state index is 10.8. The Morgan fingerprint density at radius 2 is 2.50 bits per heavy atom. The van der Waals surface area contributed by atoms with Crippen molar-refractivity contribution in [2.24, 2.45) is 0 Å². The maximum absolute atomic E-state index is 10.8. The molecule has 0 radical (unpaired) electrons. The molecule has 1 rings (SSSR count). The first-order chi connectivity index (χ1) is 5.83. The Hall–Kier alpha value is -0.520. The van der Waals surface area contributed by atoms with Crippen molar-refractivity contribution < 1.29 is 9.21 Å². The van der Waals surface area contributed by atoms with Crippen molar-refractivity contribution >= 4 is 28.5 Å². The molecule has 0 saturated heterocycles. The average molecular weight is 279 g/mol. The van der Waals surface area contributed by atoms with Crippen LogP contribution in [0.25, 0.3) is 0 Å². The minimum Gasteiger partial charge on any atom is -0.469 e. The highest BCUT2D eigenvalue weighted by atomic mass is 127. The Labute approximate surface area is 84.7 Å². The van der Waals surface area contributed by atoms with Crippen LogP contribution in [0, 0.1) is 0 Å². The zero-order valence-electron chi connectivity index (χ0n) is 6.55. The summed E-state index contributed by atoms with van der Waals surface area (Å²) < 4.78 is 5.61. The summed E-state index contributed by atoms with van der Waals surface area (Å²) in [4.78, 5) is 10.8. The van der Waals surface area contributed by atoms with E-state index in [4.69, 9.17) is 4.42 Å². The number of amides is 1. The predicted octanol–water partition coefficient (Wildman–Crippen LogP) is 1.37. The lowest BCUT2D eigenvalue weighted by atomic mass is 10.3. The second-order valence-corrected chi connectivity index (χ2v) is 3.08. The Morgan fingerprint density at radius 3 is 3.08 bits per heavy atom. The van der Waals surface area contributed by atoms with E-state index in [9.17, 15) is 4.79 Å². The monoisotopic (exact) mass is 279 g/mol. The van der Waals surface area contributed by atoms with Gasteiger partial charge in [-0.3, -0.25) is 4.79 Å². The smallest absolute Gasteiger partial charge is 0.229 e. The van der Waals surface area contributed by atoms with Gasteiger partial charge >= 0.3 is 0 Å². The predicted molar refractivity (Wildman–Crippen MR) is 54.3 cm³/mol. The van der Waals surface area contributed by atoms with Crippen molar-refractivity contribution in [3.05, 3.63) is 24.2 Å². The van der Waals surface area contributed by atoms with Crippen LogP contribution in [-0.2, 0) is 11.2 Å². The minimum atomic E-state index is 0.0714. The van der Waals surface area contributed by atoms with Crippen LogP contribution in [0.15, 0.2) is 22.8 Å². The summed E-state index contributed by atoms with van der Waals surface area (Å²) in [6.07, 6.45) is 2.39. The Kier molecular flexibility index (Phi) is 4.13. The molecule has 12 heavy (non-hydrogen) atoms. The molecular weight excluding hydrogens is 269 g/mol. The fraction of sp³-hybridized carbons (Fsp3) is 0.375. The number of alkyl halides is 1. The van der Waals surface area contributed by atoms with Crippen molar-refractivity contribution in [3.8, 4) is 0 Å². The highest BCUT2D eigenvalue weighted by molar-refractivity contribution is 14.1. The largest absolute Gasteiger partial charge is 0.469 e. The van der Waals surface area contributed by atoms with Crippen LogP contribution in [0.2, 0.25) is 0 Å². The minimum absolute atomic E-state index is 0.0714. The molecule has 0 atom stereocenters. The fourth-order valence-corrected chi connectivity index (χ4v) is 1.10. The van der Waals surface area contributed by atoms with E-state index in [-0.39, 0.29) is 5.91 Å². The van der Waals surface area contributed by atoms with Gasteiger partial charge in [-0.1, -0.05) is 22.6 Å². The van der Waals surface area contributed by atoms with Gasteiger partial charge in [0.2, 0.25) is 5.91 Å². The number of nitrogens with one attached hydrogen (secondary N) is 1.